The molecule has 76 valence electrons. The van der Waals surface area contributed by atoms with Crippen LogP contribution in [0.15, 0.2) is 11.6 Å². The van der Waals surface area contributed by atoms with Crippen molar-refractivity contribution in [1.29, 1.82) is 0 Å². The van der Waals surface area contributed by atoms with Crippen LogP contribution in [0.4, 0.5) is 0 Å². The monoisotopic (exact) mass is 190 g/mol. The normalized spacial score (nSPS) is 43.9. The standard InChI is InChI=1S/C13H18O/c14-7-1-2-9-5-6-12-10-3-4-11(8-10)13(9)12/h5,7,10-13H,1-4,6,8H2/t10-,11-,12-,13-/m1/s1. The average Bonchev–Trinajstić information content (AvgIpc) is 2.87. The molecule has 0 aromatic heterocycles. The second-order valence-corrected chi connectivity index (χ2v) is 5.24. The maximum absolute atomic E-state index is 10.4. The van der Waals surface area contributed by atoms with Crippen LogP contribution >= 0.6 is 0 Å². The average molecular weight is 190 g/mol. The first-order chi connectivity index (χ1) is 6.90. The van der Waals surface area contributed by atoms with E-state index in [4.69, 9.17) is 0 Å². The van der Waals surface area contributed by atoms with Gasteiger partial charge in [-0.3, -0.25) is 0 Å². The van der Waals surface area contributed by atoms with Crippen molar-refractivity contribution in [2.75, 3.05) is 0 Å². The molecule has 3 rings (SSSR count). The van der Waals surface area contributed by atoms with Crippen LogP contribution in [0, 0.1) is 23.7 Å². The van der Waals surface area contributed by atoms with E-state index in [0.717, 1.165) is 42.8 Å². The Balaban J connectivity index is 1.74. The summed E-state index contributed by atoms with van der Waals surface area (Å²) in [7, 11) is 0. The molecule has 1 nitrogen and oxygen atoms in total. The third-order valence-electron chi connectivity index (χ3n) is 4.72. The van der Waals surface area contributed by atoms with Crippen molar-refractivity contribution in [2.45, 2.75) is 38.5 Å². The van der Waals surface area contributed by atoms with E-state index < -0.39 is 0 Å². The third kappa shape index (κ3) is 1.11. The summed E-state index contributed by atoms with van der Waals surface area (Å²) < 4.78 is 0. The van der Waals surface area contributed by atoms with Gasteiger partial charge >= 0.3 is 0 Å². The van der Waals surface area contributed by atoms with Crippen LogP contribution in [0.2, 0.25) is 0 Å². The minimum Gasteiger partial charge on any atom is -0.303 e. The number of carbonyl (C=O) groups is 1. The summed E-state index contributed by atoms with van der Waals surface area (Å²) >= 11 is 0. The number of fused-ring (bicyclic) bond motifs is 5. The summed E-state index contributed by atoms with van der Waals surface area (Å²) in [6.45, 7) is 0. The maximum Gasteiger partial charge on any atom is 0.120 e. The van der Waals surface area contributed by atoms with Gasteiger partial charge in [0.25, 0.3) is 0 Å². The molecule has 2 fully saturated rings. The lowest BCUT2D eigenvalue weighted by Gasteiger charge is -2.27. The summed E-state index contributed by atoms with van der Waals surface area (Å²) in [5.41, 5.74) is 1.63. The lowest BCUT2D eigenvalue weighted by Crippen LogP contribution is -2.19. The van der Waals surface area contributed by atoms with E-state index >= 15 is 0 Å². The first kappa shape index (κ1) is 8.70. The van der Waals surface area contributed by atoms with Crippen molar-refractivity contribution in [1.82, 2.24) is 0 Å². The summed E-state index contributed by atoms with van der Waals surface area (Å²) in [4.78, 5) is 10.4. The number of rotatable bonds is 3. The maximum atomic E-state index is 10.4. The molecule has 4 atom stereocenters. The predicted octanol–water partition coefficient (Wildman–Crippen LogP) is 2.96. The van der Waals surface area contributed by atoms with Crippen LogP contribution in [-0.4, -0.2) is 6.29 Å². The Morgan fingerprint density at radius 3 is 3.07 bits per heavy atom. The van der Waals surface area contributed by atoms with Crippen molar-refractivity contribution in [2.24, 2.45) is 23.7 Å². The van der Waals surface area contributed by atoms with Crippen molar-refractivity contribution >= 4 is 6.29 Å². The highest BCUT2D eigenvalue weighted by molar-refractivity contribution is 5.50. The fourth-order valence-corrected chi connectivity index (χ4v) is 4.25. The second-order valence-electron chi connectivity index (χ2n) is 5.24. The molecule has 0 aliphatic heterocycles. The van der Waals surface area contributed by atoms with Crippen molar-refractivity contribution in [3.63, 3.8) is 0 Å². The molecule has 0 saturated heterocycles. The third-order valence-corrected chi connectivity index (χ3v) is 4.72. The summed E-state index contributed by atoms with van der Waals surface area (Å²) in [5.74, 6) is 3.91. The van der Waals surface area contributed by atoms with Gasteiger partial charge in [0.2, 0.25) is 0 Å². The van der Waals surface area contributed by atoms with Crippen LogP contribution < -0.4 is 0 Å². The number of hydrogen-bond donors (Lipinski definition) is 0. The Hall–Kier alpha value is -0.590. The molecular formula is C13H18O. The molecule has 2 saturated carbocycles. The Morgan fingerprint density at radius 1 is 1.36 bits per heavy atom. The van der Waals surface area contributed by atoms with Crippen LogP contribution in [0.3, 0.4) is 0 Å². The first-order valence-corrected chi connectivity index (χ1v) is 6.02. The lowest BCUT2D eigenvalue weighted by atomic mass is 9.78. The van der Waals surface area contributed by atoms with Crippen molar-refractivity contribution in [3.8, 4) is 0 Å². The highest BCUT2D eigenvalue weighted by Crippen LogP contribution is 2.59. The zero-order valence-corrected chi connectivity index (χ0v) is 8.61. The lowest BCUT2D eigenvalue weighted by molar-refractivity contribution is -0.107. The zero-order chi connectivity index (χ0) is 9.54. The van der Waals surface area contributed by atoms with Crippen molar-refractivity contribution in [3.05, 3.63) is 11.6 Å². The summed E-state index contributed by atoms with van der Waals surface area (Å²) in [6, 6.07) is 0. The topological polar surface area (TPSA) is 17.1 Å². The van der Waals surface area contributed by atoms with Gasteiger partial charge in [-0.1, -0.05) is 11.6 Å². The van der Waals surface area contributed by atoms with E-state index in [1.807, 2.05) is 0 Å². The number of allylic oxidation sites excluding steroid dienone is 2. The van der Waals surface area contributed by atoms with E-state index in [0.29, 0.717) is 0 Å². The molecule has 0 heterocycles. The molecule has 0 unspecified atom stereocenters. The molecule has 3 aliphatic carbocycles. The van der Waals surface area contributed by atoms with Crippen LogP contribution in [0.25, 0.3) is 0 Å². The van der Waals surface area contributed by atoms with Gasteiger partial charge in [-0.2, -0.15) is 0 Å². The second kappa shape index (κ2) is 3.22. The van der Waals surface area contributed by atoms with Gasteiger partial charge in [-0.05, 0) is 55.8 Å². The van der Waals surface area contributed by atoms with E-state index in [2.05, 4.69) is 6.08 Å². The van der Waals surface area contributed by atoms with Gasteiger partial charge in [0.1, 0.15) is 6.29 Å². The Kier molecular flexibility index (Phi) is 2.00. The van der Waals surface area contributed by atoms with E-state index in [1.165, 1.54) is 25.7 Å². The molecule has 0 aromatic carbocycles. The molecule has 0 radical (unpaired) electrons. The first-order valence-electron chi connectivity index (χ1n) is 6.02. The Labute approximate surface area is 85.6 Å². The molecule has 0 spiro atoms. The molecule has 0 amide bonds. The van der Waals surface area contributed by atoms with Gasteiger partial charge < -0.3 is 4.79 Å². The van der Waals surface area contributed by atoms with Gasteiger partial charge in [0, 0.05) is 6.42 Å². The molecule has 0 aromatic rings. The van der Waals surface area contributed by atoms with Gasteiger partial charge in [-0.25, -0.2) is 0 Å². The van der Waals surface area contributed by atoms with Gasteiger partial charge in [-0.15, -0.1) is 0 Å². The Morgan fingerprint density at radius 2 is 2.21 bits per heavy atom. The van der Waals surface area contributed by atoms with E-state index in [-0.39, 0.29) is 0 Å². The minimum atomic E-state index is 0.742. The van der Waals surface area contributed by atoms with Gasteiger partial charge in [0.05, 0.1) is 0 Å². The molecule has 3 aliphatic rings. The molecule has 0 N–H and O–H groups in total. The summed E-state index contributed by atoms with van der Waals surface area (Å²) in [5, 5.41) is 0. The fraction of sp³-hybridized carbons (Fsp3) is 0.769. The van der Waals surface area contributed by atoms with Crippen LogP contribution in [0.1, 0.15) is 38.5 Å². The van der Waals surface area contributed by atoms with Crippen LogP contribution in [0.5, 0.6) is 0 Å². The zero-order valence-electron chi connectivity index (χ0n) is 8.61. The van der Waals surface area contributed by atoms with E-state index in [9.17, 15) is 4.79 Å². The smallest absolute Gasteiger partial charge is 0.120 e. The molecule has 14 heavy (non-hydrogen) atoms. The van der Waals surface area contributed by atoms with Crippen LogP contribution in [-0.2, 0) is 4.79 Å². The van der Waals surface area contributed by atoms with E-state index in [1.54, 1.807) is 5.57 Å². The SMILES string of the molecule is O=CCCC1=CC[C@@H]2[C@@H]3CC[C@H](C3)[C@@H]12. The molecule has 2 bridgehead atoms. The minimum absolute atomic E-state index is 0.742. The number of aldehydes is 1. The summed E-state index contributed by atoms with van der Waals surface area (Å²) in [6.07, 6.45) is 11.1. The highest BCUT2D eigenvalue weighted by atomic mass is 16.1. The molecule has 1 heteroatoms. The largest absolute Gasteiger partial charge is 0.303 e. The fourth-order valence-electron chi connectivity index (χ4n) is 4.25. The number of carbonyl (C=O) groups excluding carboxylic acids is 1. The van der Waals surface area contributed by atoms with Crippen molar-refractivity contribution < 1.29 is 4.79 Å². The molecular weight excluding hydrogens is 172 g/mol. The number of hydrogen-bond acceptors (Lipinski definition) is 1. The quantitative estimate of drug-likeness (QED) is 0.494. The van der Waals surface area contributed by atoms with Gasteiger partial charge in [0.15, 0.2) is 0 Å². The predicted molar refractivity (Wildman–Crippen MR) is 55.8 cm³/mol. The Bertz CT molecular complexity index is 279. The highest BCUT2D eigenvalue weighted by Gasteiger charge is 2.49.